The molecule has 24 heavy (non-hydrogen) atoms. The fourth-order valence-electron chi connectivity index (χ4n) is 3.43. The van der Waals surface area contributed by atoms with Crippen LogP contribution in [0.1, 0.15) is 30.0 Å². The highest BCUT2D eigenvalue weighted by Gasteiger charge is 2.28. The quantitative estimate of drug-likeness (QED) is 0.794. The van der Waals surface area contributed by atoms with Crippen molar-refractivity contribution in [1.82, 2.24) is 30.1 Å². The molecule has 3 aromatic rings. The molecule has 124 valence electrons. The number of H-pyrrole nitrogens is 1. The Kier molecular flexibility index (Phi) is 3.76. The number of amides is 1. The molecule has 1 fully saturated rings. The van der Waals surface area contributed by atoms with Crippen LogP contribution in [0.15, 0.2) is 30.5 Å². The lowest BCUT2D eigenvalue weighted by molar-refractivity contribution is -0.130. The summed E-state index contributed by atoms with van der Waals surface area (Å²) in [6.45, 7) is 4.18. The Morgan fingerprint density at radius 2 is 2.25 bits per heavy atom. The number of hydrogen-bond donors (Lipinski definition) is 1. The zero-order chi connectivity index (χ0) is 16.5. The van der Waals surface area contributed by atoms with Gasteiger partial charge in [-0.1, -0.05) is 17.3 Å². The van der Waals surface area contributed by atoms with Gasteiger partial charge in [-0.25, -0.2) is 4.68 Å². The van der Waals surface area contributed by atoms with Gasteiger partial charge in [-0.15, -0.1) is 5.10 Å². The van der Waals surface area contributed by atoms with Gasteiger partial charge in [-0.2, -0.15) is 5.10 Å². The number of nitrogens with one attached hydrogen (secondary N) is 1. The summed E-state index contributed by atoms with van der Waals surface area (Å²) >= 11 is 0. The van der Waals surface area contributed by atoms with Crippen molar-refractivity contribution in [3.8, 4) is 0 Å². The molecule has 7 heteroatoms. The monoisotopic (exact) mass is 324 g/mol. The maximum Gasteiger partial charge on any atom is 0.224 e. The molecule has 2 aromatic heterocycles. The van der Waals surface area contributed by atoms with E-state index in [9.17, 15) is 4.79 Å². The van der Waals surface area contributed by atoms with E-state index in [-0.39, 0.29) is 5.91 Å². The number of likely N-dealkylation sites (tertiary alicyclic amines) is 1. The van der Waals surface area contributed by atoms with Crippen LogP contribution in [-0.4, -0.2) is 49.1 Å². The number of fused-ring (bicyclic) bond motifs is 1. The van der Waals surface area contributed by atoms with Crippen molar-refractivity contribution < 1.29 is 4.79 Å². The third-order valence-corrected chi connectivity index (χ3v) is 4.77. The van der Waals surface area contributed by atoms with Crippen LogP contribution < -0.4 is 0 Å². The molecule has 0 aliphatic carbocycles. The Morgan fingerprint density at radius 1 is 1.38 bits per heavy atom. The van der Waals surface area contributed by atoms with Crippen molar-refractivity contribution >= 4 is 16.9 Å². The fraction of sp³-hybridized carbons (Fsp3) is 0.412. The fourth-order valence-corrected chi connectivity index (χ4v) is 3.43. The number of benzene rings is 1. The Labute approximate surface area is 139 Å². The van der Waals surface area contributed by atoms with E-state index in [0.29, 0.717) is 18.9 Å². The molecule has 1 unspecified atom stereocenters. The predicted molar refractivity (Wildman–Crippen MR) is 89.4 cm³/mol. The maximum atomic E-state index is 12.5. The number of para-hydroxylation sites is 1. The summed E-state index contributed by atoms with van der Waals surface area (Å²) in [5.41, 5.74) is 4.16. The highest BCUT2D eigenvalue weighted by atomic mass is 16.2. The maximum absolute atomic E-state index is 12.5. The van der Waals surface area contributed by atoms with E-state index in [4.69, 9.17) is 0 Å². The summed E-state index contributed by atoms with van der Waals surface area (Å²) in [6.07, 6.45) is 3.28. The van der Waals surface area contributed by atoms with Crippen molar-refractivity contribution in [2.45, 2.75) is 32.2 Å². The van der Waals surface area contributed by atoms with Gasteiger partial charge in [-0.3, -0.25) is 9.89 Å². The van der Waals surface area contributed by atoms with Crippen LogP contribution in [0.5, 0.6) is 0 Å². The van der Waals surface area contributed by atoms with E-state index in [2.05, 4.69) is 27.4 Å². The van der Waals surface area contributed by atoms with Crippen molar-refractivity contribution in [3.63, 3.8) is 0 Å². The molecule has 1 aromatic carbocycles. The van der Waals surface area contributed by atoms with Gasteiger partial charge in [0, 0.05) is 31.1 Å². The first-order chi connectivity index (χ1) is 11.7. The lowest BCUT2D eigenvalue weighted by atomic mass is 10.0. The summed E-state index contributed by atoms with van der Waals surface area (Å²) in [5.74, 6) is 0.540. The zero-order valence-corrected chi connectivity index (χ0v) is 13.6. The lowest BCUT2D eigenvalue weighted by Crippen LogP contribution is -2.29. The van der Waals surface area contributed by atoms with Gasteiger partial charge in [0.15, 0.2) is 0 Å². The predicted octanol–water partition coefficient (Wildman–Crippen LogP) is 1.87. The van der Waals surface area contributed by atoms with Gasteiger partial charge in [0.25, 0.3) is 0 Å². The summed E-state index contributed by atoms with van der Waals surface area (Å²) in [5, 5.41) is 15.4. The largest absolute Gasteiger partial charge is 0.342 e. The van der Waals surface area contributed by atoms with Crippen molar-refractivity contribution in [1.29, 1.82) is 0 Å². The second-order valence-corrected chi connectivity index (χ2v) is 6.34. The summed E-state index contributed by atoms with van der Waals surface area (Å²) in [7, 11) is 0. The van der Waals surface area contributed by atoms with Gasteiger partial charge >= 0.3 is 0 Å². The number of rotatable bonds is 4. The van der Waals surface area contributed by atoms with Crippen molar-refractivity contribution in [2.24, 2.45) is 0 Å². The number of hydrogen-bond acceptors (Lipinski definition) is 4. The minimum atomic E-state index is 0.175. The Bertz CT molecular complexity index is 867. The van der Waals surface area contributed by atoms with E-state index < -0.39 is 0 Å². The molecule has 7 nitrogen and oxygen atoms in total. The molecule has 1 aliphatic rings. The molecule has 0 radical (unpaired) electrons. The first-order valence-corrected chi connectivity index (χ1v) is 8.28. The Morgan fingerprint density at radius 3 is 3.08 bits per heavy atom. The average Bonchev–Trinajstić information content (AvgIpc) is 3.31. The number of nitrogens with zero attached hydrogens (tertiary/aromatic N) is 5. The van der Waals surface area contributed by atoms with Crippen LogP contribution in [-0.2, 0) is 11.3 Å². The highest BCUT2D eigenvalue weighted by Crippen LogP contribution is 2.28. The van der Waals surface area contributed by atoms with E-state index >= 15 is 0 Å². The molecule has 0 saturated carbocycles. The topological polar surface area (TPSA) is 79.7 Å². The summed E-state index contributed by atoms with van der Waals surface area (Å²) < 4.78 is 1.81. The van der Waals surface area contributed by atoms with Crippen LogP contribution >= 0.6 is 0 Å². The van der Waals surface area contributed by atoms with Gasteiger partial charge in [-0.05, 0) is 31.0 Å². The zero-order valence-electron chi connectivity index (χ0n) is 13.6. The Balaban J connectivity index is 1.38. The first-order valence-electron chi connectivity index (χ1n) is 8.28. The molecule has 3 heterocycles. The van der Waals surface area contributed by atoms with Crippen LogP contribution in [0.4, 0.5) is 0 Å². The number of aromatic nitrogens is 5. The van der Waals surface area contributed by atoms with E-state index in [0.717, 1.165) is 36.2 Å². The van der Waals surface area contributed by atoms with E-state index in [1.54, 1.807) is 4.68 Å². The van der Waals surface area contributed by atoms with E-state index in [1.165, 1.54) is 5.56 Å². The molecule has 1 saturated heterocycles. The molecule has 0 bridgehead atoms. The van der Waals surface area contributed by atoms with E-state index in [1.807, 2.05) is 35.4 Å². The van der Waals surface area contributed by atoms with Crippen LogP contribution in [0.3, 0.4) is 0 Å². The third-order valence-electron chi connectivity index (χ3n) is 4.77. The number of aromatic amines is 1. The third kappa shape index (κ3) is 2.66. The van der Waals surface area contributed by atoms with Crippen LogP contribution in [0.25, 0.3) is 11.0 Å². The van der Waals surface area contributed by atoms with Crippen molar-refractivity contribution in [2.75, 3.05) is 13.1 Å². The second kappa shape index (κ2) is 6.07. The smallest absolute Gasteiger partial charge is 0.224 e. The van der Waals surface area contributed by atoms with Gasteiger partial charge in [0.05, 0.1) is 18.3 Å². The normalized spacial score (nSPS) is 17.7. The number of carbonyl (C=O) groups is 1. The number of aryl methyl sites for hydroxylation is 2. The molecule has 1 aliphatic heterocycles. The molecular weight excluding hydrogens is 304 g/mol. The number of carbonyl (C=O) groups excluding carboxylic acids is 1. The molecule has 1 amide bonds. The van der Waals surface area contributed by atoms with Gasteiger partial charge in [0.2, 0.25) is 5.91 Å². The lowest BCUT2D eigenvalue weighted by Gasteiger charge is -2.16. The first kappa shape index (κ1) is 14.9. The average molecular weight is 324 g/mol. The summed E-state index contributed by atoms with van der Waals surface area (Å²) in [6, 6.07) is 7.81. The Hall–Kier alpha value is -2.70. The van der Waals surface area contributed by atoms with Crippen LogP contribution in [0.2, 0.25) is 0 Å². The summed E-state index contributed by atoms with van der Waals surface area (Å²) in [4.78, 5) is 14.5. The second-order valence-electron chi connectivity index (χ2n) is 6.34. The minimum Gasteiger partial charge on any atom is -0.342 e. The highest BCUT2D eigenvalue weighted by molar-refractivity contribution is 5.77. The van der Waals surface area contributed by atoms with Gasteiger partial charge < -0.3 is 4.90 Å². The van der Waals surface area contributed by atoms with Crippen molar-refractivity contribution in [3.05, 3.63) is 41.7 Å². The molecule has 0 spiro atoms. The van der Waals surface area contributed by atoms with Crippen LogP contribution in [0, 0.1) is 6.92 Å². The standard InChI is InChI=1S/C17H20N6O/c1-12-10-18-20-17(12)13-6-8-22(11-13)16(24)7-9-23-15-5-3-2-4-14(15)19-21-23/h2-5,10,13H,6-9,11H2,1H3,(H,18,20). The van der Waals surface area contributed by atoms with Gasteiger partial charge in [0.1, 0.15) is 5.52 Å². The SMILES string of the molecule is Cc1cn[nH]c1C1CCN(C(=O)CCn2nnc3ccccc32)C1. The molecule has 4 rings (SSSR count). The minimum absolute atomic E-state index is 0.175. The molecular formula is C17H20N6O. The molecule has 1 N–H and O–H groups in total. The molecule has 1 atom stereocenters.